The Morgan fingerprint density at radius 2 is 2.20 bits per heavy atom. The van der Waals surface area contributed by atoms with Gasteiger partial charge in [0.1, 0.15) is 10.8 Å². The summed E-state index contributed by atoms with van der Waals surface area (Å²) in [4.78, 5) is 2.25. The molecule has 0 unspecified atom stereocenters. The van der Waals surface area contributed by atoms with Gasteiger partial charge in [0.2, 0.25) is 0 Å². The summed E-state index contributed by atoms with van der Waals surface area (Å²) in [7, 11) is 1.94. The highest BCUT2D eigenvalue weighted by Crippen LogP contribution is 2.20. The van der Waals surface area contributed by atoms with E-state index in [-0.39, 0.29) is 10.8 Å². The molecule has 0 bridgehead atoms. The second-order valence-corrected chi connectivity index (χ2v) is 3.89. The Kier molecular flexibility index (Phi) is 4.03. The van der Waals surface area contributed by atoms with Crippen LogP contribution in [-0.2, 0) is 0 Å². The molecular formula is C11H15FN2S. The van der Waals surface area contributed by atoms with Crippen LogP contribution in [0.1, 0.15) is 18.9 Å². The van der Waals surface area contributed by atoms with Crippen molar-refractivity contribution >= 4 is 22.9 Å². The summed E-state index contributed by atoms with van der Waals surface area (Å²) in [6, 6.07) is 4.51. The predicted molar refractivity (Wildman–Crippen MR) is 65.8 cm³/mol. The van der Waals surface area contributed by atoms with Crippen molar-refractivity contribution in [3.63, 3.8) is 0 Å². The van der Waals surface area contributed by atoms with Crippen molar-refractivity contribution in [2.24, 2.45) is 5.73 Å². The molecule has 0 saturated carbocycles. The first kappa shape index (κ1) is 11.9. The molecule has 0 fully saturated rings. The predicted octanol–water partition coefficient (Wildman–Crippen LogP) is 2.31. The lowest BCUT2D eigenvalue weighted by atomic mass is 10.1. The second kappa shape index (κ2) is 5.07. The fraction of sp³-hybridized carbons (Fsp3) is 0.364. The zero-order valence-corrected chi connectivity index (χ0v) is 9.77. The van der Waals surface area contributed by atoms with Crippen LogP contribution in [0.4, 0.5) is 10.1 Å². The summed E-state index contributed by atoms with van der Waals surface area (Å²) in [5, 5.41) is 0. The van der Waals surface area contributed by atoms with E-state index in [2.05, 4.69) is 6.92 Å². The molecule has 0 atom stereocenters. The Hall–Kier alpha value is -1.16. The summed E-state index contributed by atoms with van der Waals surface area (Å²) in [6.45, 7) is 2.97. The smallest absolute Gasteiger partial charge is 0.124 e. The van der Waals surface area contributed by atoms with Crippen LogP contribution in [0, 0.1) is 5.82 Å². The standard InChI is InChI=1S/C11H15FN2S/c1-3-6-14(2)10-5-4-8(12)7-9(10)11(13)15/h4-5,7H,3,6H2,1-2H3,(H2,13,15). The molecule has 2 nitrogen and oxygen atoms in total. The van der Waals surface area contributed by atoms with Crippen LogP contribution in [0.15, 0.2) is 18.2 Å². The molecule has 0 aliphatic heterocycles. The minimum atomic E-state index is -0.313. The molecule has 0 radical (unpaired) electrons. The number of nitrogens with two attached hydrogens (primary N) is 1. The average Bonchev–Trinajstić information content (AvgIpc) is 2.17. The molecule has 15 heavy (non-hydrogen) atoms. The minimum Gasteiger partial charge on any atom is -0.389 e. The molecule has 0 aromatic heterocycles. The first-order valence-corrected chi connectivity index (χ1v) is 5.27. The molecule has 4 heteroatoms. The van der Waals surface area contributed by atoms with Crippen LogP contribution in [0.5, 0.6) is 0 Å². The first-order chi connectivity index (χ1) is 7.06. The van der Waals surface area contributed by atoms with E-state index in [1.54, 1.807) is 6.07 Å². The summed E-state index contributed by atoms with van der Waals surface area (Å²) in [5.41, 5.74) is 7.03. The van der Waals surface area contributed by atoms with E-state index in [0.29, 0.717) is 5.56 Å². The number of nitrogens with zero attached hydrogens (tertiary/aromatic N) is 1. The number of hydrogen-bond donors (Lipinski definition) is 1. The quantitative estimate of drug-likeness (QED) is 0.799. The van der Waals surface area contributed by atoms with Gasteiger partial charge in [-0.3, -0.25) is 0 Å². The second-order valence-electron chi connectivity index (χ2n) is 3.45. The third-order valence-electron chi connectivity index (χ3n) is 2.19. The van der Waals surface area contributed by atoms with Crippen LogP contribution in [0.25, 0.3) is 0 Å². The summed E-state index contributed by atoms with van der Waals surface area (Å²) < 4.78 is 13.0. The lowest BCUT2D eigenvalue weighted by Crippen LogP contribution is -2.22. The van der Waals surface area contributed by atoms with Gasteiger partial charge in [0, 0.05) is 24.8 Å². The summed E-state index contributed by atoms with van der Waals surface area (Å²) >= 11 is 4.90. The van der Waals surface area contributed by atoms with Gasteiger partial charge in [0.25, 0.3) is 0 Å². The maximum Gasteiger partial charge on any atom is 0.124 e. The van der Waals surface area contributed by atoms with E-state index in [1.165, 1.54) is 12.1 Å². The van der Waals surface area contributed by atoms with Crippen molar-refractivity contribution in [1.82, 2.24) is 0 Å². The number of halogens is 1. The lowest BCUT2D eigenvalue weighted by molar-refractivity contribution is 0.627. The molecule has 0 saturated heterocycles. The molecule has 1 rings (SSSR count). The third-order valence-corrected chi connectivity index (χ3v) is 2.41. The van der Waals surface area contributed by atoms with Crippen LogP contribution < -0.4 is 10.6 Å². The highest BCUT2D eigenvalue weighted by molar-refractivity contribution is 7.80. The van der Waals surface area contributed by atoms with Crippen molar-refractivity contribution in [3.05, 3.63) is 29.6 Å². The SMILES string of the molecule is CCCN(C)c1ccc(F)cc1C(N)=S. The highest BCUT2D eigenvalue weighted by atomic mass is 32.1. The zero-order chi connectivity index (χ0) is 11.4. The van der Waals surface area contributed by atoms with Crippen molar-refractivity contribution in [2.45, 2.75) is 13.3 Å². The maximum atomic E-state index is 13.0. The monoisotopic (exact) mass is 226 g/mol. The van der Waals surface area contributed by atoms with Crippen LogP contribution >= 0.6 is 12.2 Å². The number of benzene rings is 1. The molecule has 0 aliphatic rings. The molecule has 0 amide bonds. The van der Waals surface area contributed by atoms with Gasteiger partial charge in [-0.2, -0.15) is 0 Å². The molecular weight excluding hydrogens is 211 g/mol. The third kappa shape index (κ3) is 2.89. The number of rotatable bonds is 4. The number of hydrogen-bond acceptors (Lipinski definition) is 2. The average molecular weight is 226 g/mol. The van der Waals surface area contributed by atoms with E-state index in [9.17, 15) is 4.39 Å². The van der Waals surface area contributed by atoms with Gasteiger partial charge in [-0.05, 0) is 24.6 Å². The van der Waals surface area contributed by atoms with Crippen LogP contribution in [0.3, 0.4) is 0 Å². The van der Waals surface area contributed by atoms with Crippen molar-refractivity contribution in [2.75, 3.05) is 18.5 Å². The lowest BCUT2D eigenvalue weighted by Gasteiger charge is -2.21. The number of anilines is 1. The molecule has 0 heterocycles. The van der Waals surface area contributed by atoms with E-state index < -0.39 is 0 Å². The Morgan fingerprint density at radius 1 is 1.53 bits per heavy atom. The Labute approximate surface area is 94.9 Å². The van der Waals surface area contributed by atoms with E-state index in [0.717, 1.165) is 18.7 Å². The van der Waals surface area contributed by atoms with Crippen LogP contribution in [-0.4, -0.2) is 18.6 Å². The molecule has 2 N–H and O–H groups in total. The van der Waals surface area contributed by atoms with E-state index >= 15 is 0 Å². The molecule has 0 spiro atoms. The van der Waals surface area contributed by atoms with Crippen molar-refractivity contribution in [1.29, 1.82) is 0 Å². The van der Waals surface area contributed by atoms with Gasteiger partial charge in [-0.15, -0.1) is 0 Å². The van der Waals surface area contributed by atoms with Gasteiger partial charge in [0.05, 0.1) is 0 Å². The molecule has 1 aromatic rings. The van der Waals surface area contributed by atoms with Gasteiger partial charge in [-0.1, -0.05) is 19.1 Å². The van der Waals surface area contributed by atoms with Crippen LogP contribution in [0.2, 0.25) is 0 Å². The molecule has 0 aliphatic carbocycles. The molecule has 82 valence electrons. The maximum absolute atomic E-state index is 13.0. The van der Waals surface area contributed by atoms with E-state index in [4.69, 9.17) is 18.0 Å². The van der Waals surface area contributed by atoms with Gasteiger partial charge >= 0.3 is 0 Å². The Bertz CT molecular complexity index is 366. The largest absolute Gasteiger partial charge is 0.389 e. The number of thiocarbonyl (C=S) groups is 1. The van der Waals surface area contributed by atoms with Gasteiger partial charge in [0.15, 0.2) is 0 Å². The van der Waals surface area contributed by atoms with Crippen molar-refractivity contribution < 1.29 is 4.39 Å². The van der Waals surface area contributed by atoms with E-state index in [1.807, 2.05) is 11.9 Å². The van der Waals surface area contributed by atoms with Gasteiger partial charge in [-0.25, -0.2) is 4.39 Å². The minimum absolute atomic E-state index is 0.229. The summed E-state index contributed by atoms with van der Waals surface area (Å²) in [6.07, 6.45) is 1.02. The van der Waals surface area contributed by atoms with Crippen molar-refractivity contribution in [3.8, 4) is 0 Å². The Morgan fingerprint density at radius 3 is 2.73 bits per heavy atom. The van der Waals surface area contributed by atoms with Gasteiger partial charge < -0.3 is 10.6 Å². The highest BCUT2D eigenvalue weighted by Gasteiger charge is 2.09. The fourth-order valence-electron chi connectivity index (χ4n) is 1.49. The molecule has 1 aromatic carbocycles. The Balaban J connectivity index is 3.10. The summed E-state index contributed by atoms with van der Waals surface area (Å²) in [5.74, 6) is -0.313. The fourth-order valence-corrected chi connectivity index (χ4v) is 1.66. The first-order valence-electron chi connectivity index (χ1n) is 4.86. The normalized spacial score (nSPS) is 10.1. The topological polar surface area (TPSA) is 29.3 Å². The zero-order valence-electron chi connectivity index (χ0n) is 8.96.